The van der Waals surface area contributed by atoms with Crippen molar-refractivity contribution >= 4 is 17.3 Å². The van der Waals surface area contributed by atoms with Crippen LogP contribution in [0.4, 0.5) is 0 Å². The molecule has 0 radical (unpaired) electrons. The van der Waals surface area contributed by atoms with E-state index in [1.54, 1.807) is 0 Å². The van der Waals surface area contributed by atoms with E-state index in [1.165, 1.54) is 18.6 Å². The zero-order chi connectivity index (χ0) is 11.5. The summed E-state index contributed by atoms with van der Waals surface area (Å²) in [7, 11) is 0. The number of hydrogen-bond donors (Lipinski definition) is 1. The van der Waals surface area contributed by atoms with Crippen LogP contribution in [0.25, 0.3) is 5.76 Å². The first-order valence-corrected chi connectivity index (χ1v) is 4.96. The van der Waals surface area contributed by atoms with Crippen LogP contribution in [0.15, 0.2) is 24.2 Å². The molecule has 0 atom stereocenters. The minimum Gasteiger partial charge on any atom is -0.505 e. The largest absolute Gasteiger partial charge is 0.505 e. The van der Waals surface area contributed by atoms with Crippen LogP contribution in [0.3, 0.4) is 0 Å². The van der Waals surface area contributed by atoms with Gasteiger partial charge in [-0.2, -0.15) is 0 Å². The quantitative estimate of drug-likeness (QED) is 0.433. The molecule has 1 aliphatic rings. The third-order valence-corrected chi connectivity index (χ3v) is 2.41. The summed E-state index contributed by atoms with van der Waals surface area (Å²) < 4.78 is 0. The summed E-state index contributed by atoms with van der Waals surface area (Å²) in [6.45, 7) is 0. The van der Waals surface area contributed by atoms with Crippen LogP contribution in [-0.4, -0.2) is 26.6 Å². The summed E-state index contributed by atoms with van der Waals surface area (Å²) >= 11 is 0. The maximum atomic E-state index is 11.5. The first kappa shape index (κ1) is 10.5. The topological polar surface area (TPSA) is 80.2 Å². The second kappa shape index (κ2) is 4.22. The molecule has 5 nitrogen and oxygen atoms in total. The molecule has 0 spiro atoms. The Morgan fingerprint density at radius 2 is 1.88 bits per heavy atom. The molecule has 82 valence electrons. The van der Waals surface area contributed by atoms with Gasteiger partial charge in [0, 0.05) is 25.2 Å². The van der Waals surface area contributed by atoms with E-state index in [0.717, 1.165) is 0 Å². The molecule has 1 aromatic heterocycles. The molecule has 0 unspecified atom stereocenters. The molecule has 0 bridgehead atoms. The van der Waals surface area contributed by atoms with E-state index in [0.29, 0.717) is 19.3 Å². The van der Waals surface area contributed by atoms with E-state index in [-0.39, 0.29) is 28.6 Å². The lowest BCUT2D eigenvalue weighted by atomic mass is 9.91. The second-order valence-electron chi connectivity index (χ2n) is 3.51. The van der Waals surface area contributed by atoms with Crippen LogP contribution >= 0.6 is 0 Å². The van der Waals surface area contributed by atoms with Gasteiger partial charge in [-0.3, -0.25) is 14.6 Å². The Bertz CT molecular complexity index is 447. The van der Waals surface area contributed by atoms with Gasteiger partial charge in [-0.15, -0.1) is 0 Å². The Morgan fingerprint density at radius 3 is 2.44 bits per heavy atom. The second-order valence-corrected chi connectivity index (χ2v) is 3.51. The van der Waals surface area contributed by atoms with E-state index in [4.69, 9.17) is 0 Å². The number of ketones is 2. The van der Waals surface area contributed by atoms with Crippen molar-refractivity contribution in [3.8, 4) is 0 Å². The van der Waals surface area contributed by atoms with Gasteiger partial charge in [-0.1, -0.05) is 0 Å². The summed E-state index contributed by atoms with van der Waals surface area (Å²) in [4.78, 5) is 30.7. The van der Waals surface area contributed by atoms with Gasteiger partial charge in [0.1, 0.15) is 11.3 Å². The third-order valence-electron chi connectivity index (χ3n) is 2.41. The smallest absolute Gasteiger partial charge is 0.170 e. The van der Waals surface area contributed by atoms with Gasteiger partial charge < -0.3 is 5.11 Å². The molecule has 0 aliphatic heterocycles. The van der Waals surface area contributed by atoms with Gasteiger partial charge >= 0.3 is 0 Å². The molecule has 1 heterocycles. The van der Waals surface area contributed by atoms with E-state index in [2.05, 4.69) is 9.97 Å². The fraction of sp³-hybridized carbons (Fsp3) is 0.273. The molecule has 1 saturated carbocycles. The summed E-state index contributed by atoms with van der Waals surface area (Å²) in [6.07, 6.45) is 5.30. The Labute approximate surface area is 91.8 Å². The number of nitrogens with zero attached hydrogens (tertiary/aromatic N) is 2. The van der Waals surface area contributed by atoms with Crippen molar-refractivity contribution in [2.45, 2.75) is 19.3 Å². The van der Waals surface area contributed by atoms with Crippen molar-refractivity contribution in [2.24, 2.45) is 0 Å². The van der Waals surface area contributed by atoms with Gasteiger partial charge in [0.05, 0.1) is 6.20 Å². The molecule has 0 aromatic carbocycles. The van der Waals surface area contributed by atoms with Crippen molar-refractivity contribution in [1.82, 2.24) is 9.97 Å². The predicted octanol–water partition coefficient (Wildman–Crippen LogP) is 1.07. The van der Waals surface area contributed by atoms with Crippen LogP contribution in [0, 0.1) is 0 Å². The van der Waals surface area contributed by atoms with Crippen LogP contribution in [0.2, 0.25) is 0 Å². The highest BCUT2D eigenvalue weighted by molar-refractivity contribution is 6.25. The molecule has 1 aromatic rings. The van der Waals surface area contributed by atoms with Gasteiger partial charge in [-0.25, -0.2) is 4.98 Å². The summed E-state index contributed by atoms with van der Waals surface area (Å²) in [5, 5.41) is 9.82. The minimum absolute atomic E-state index is 0.133. The molecule has 16 heavy (non-hydrogen) atoms. The van der Waals surface area contributed by atoms with Crippen molar-refractivity contribution in [3.63, 3.8) is 0 Å². The number of rotatable bonds is 1. The minimum atomic E-state index is -0.359. The third kappa shape index (κ3) is 1.84. The Hall–Kier alpha value is -2.04. The molecule has 0 amide bonds. The van der Waals surface area contributed by atoms with Crippen molar-refractivity contribution in [2.75, 3.05) is 0 Å². The van der Waals surface area contributed by atoms with E-state index in [9.17, 15) is 14.7 Å². The zero-order valence-corrected chi connectivity index (χ0v) is 8.51. The molecular weight excluding hydrogens is 208 g/mol. The lowest BCUT2D eigenvalue weighted by molar-refractivity contribution is -0.123. The van der Waals surface area contributed by atoms with E-state index >= 15 is 0 Å². The molecule has 1 aliphatic carbocycles. The van der Waals surface area contributed by atoms with E-state index < -0.39 is 0 Å². The fourth-order valence-electron chi connectivity index (χ4n) is 1.63. The molecule has 1 N–H and O–H groups in total. The SMILES string of the molecule is O=C1CCCC(=O)C1=C(O)c1cnccn1. The summed E-state index contributed by atoms with van der Waals surface area (Å²) in [5.41, 5.74) is 0.0212. The first-order chi connectivity index (χ1) is 7.70. The first-order valence-electron chi connectivity index (χ1n) is 4.96. The van der Waals surface area contributed by atoms with Crippen LogP contribution in [0.5, 0.6) is 0 Å². The van der Waals surface area contributed by atoms with Crippen LogP contribution < -0.4 is 0 Å². The predicted molar refractivity (Wildman–Crippen MR) is 55.4 cm³/mol. The van der Waals surface area contributed by atoms with Crippen molar-refractivity contribution in [3.05, 3.63) is 29.9 Å². The van der Waals surface area contributed by atoms with Gasteiger partial charge in [-0.05, 0) is 6.42 Å². The van der Waals surface area contributed by atoms with Crippen molar-refractivity contribution in [1.29, 1.82) is 0 Å². The number of aliphatic hydroxyl groups excluding tert-OH is 1. The number of allylic oxidation sites excluding steroid dienone is 1. The van der Waals surface area contributed by atoms with Gasteiger partial charge in [0.15, 0.2) is 17.3 Å². The summed E-state index contributed by atoms with van der Waals surface area (Å²) in [6, 6.07) is 0. The fourth-order valence-corrected chi connectivity index (χ4v) is 1.63. The number of hydrogen-bond acceptors (Lipinski definition) is 5. The normalized spacial score (nSPS) is 16.4. The van der Waals surface area contributed by atoms with Crippen LogP contribution in [-0.2, 0) is 9.59 Å². The maximum absolute atomic E-state index is 11.5. The monoisotopic (exact) mass is 218 g/mol. The highest BCUT2D eigenvalue weighted by Crippen LogP contribution is 2.22. The molecule has 5 heteroatoms. The van der Waals surface area contributed by atoms with Crippen molar-refractivity contribution < 1.29 is 14.7 Å². The standard InChI is InChI=1S/C11H10N2O3/c14-8-2-1-3-9(15)10(8)11(16)7-6-12-4-5-13-7/h4-6,16H,1-3H2. The Balaban J connectivity index is 2.47. The molecule has 0 saturated heterocycles. The highest BCUT2D eigenvalue weighted by Gasteiger charge is 2.27. The van der Waals surface area contributed by atoms with E-state index in [1.807, 2.05) is 0 Å². The Kier molecular flexibility index (Phi) is 2.76. The van der Waals surface area contributed by atoms with Gasteiger partial charge in [0.2, 0.25) is 0 Å². The summed E-state index contributed by atoms with van der Waals surface area (Å²) in [5.74, 6) is -0.999. The average molecular weight is 218 g/mol. The number of aliphatic hydroxyl groups is 1. The lowest BCUT2D eigenvalue weighted by Gasteiger charge is -2.12. The number of carbonyl (C=O) groups is 2. The van der Waals surface area contributed by atoms with Gasteiger partial charge in [0.25, 0.3) is 0 Å². The number of carbonyl (C=O) groups excluding carboxylic acids is 2. The molecule has 1 fully saturated rings. The molecular formula is C11H10N2O3. The Morgan fingerprint density at radius 1 is 1.19 bits per heavy atom. The molecule has 2 rings (SSSR count). The zero-order valence-electron chi connectivity index (χ0n) is 8.51. The maximum Gasteiger partial charge on any atom is 0.170 e. The number of Topliss-reactive ketones (excluding diaryl/α,β-unsaturated/α-hetero) is 2. The highest BCUT2D eigenvalue weighted by atomic mass is 16.3. The van der Waals surface area contributed by atoms with Crippen LogP contribution in [0.1, 0.15) is 25.0 Å². The average Bonchev–Trinajstić information content (AvgIpc) is 2.30. The lowest BCUT2D eigenvalue weighted by Crippen LogP contribution is -2.20. The number of aromatic nitrogens is 2.